The summed E-state index contributed by atoms with van der Waals surface area (Å²) in [5, 5.41) is 0. The van der Waals surface area contributed by atoms with Gasteiger partial charge in [0.15, 0.2) is 0 Å². The van der Waals surface area contributed by atoms with Gasteiger partial charge in [0.2, 0.25) is 0 Å². The highest BCUT2D eigenvalue weighted by Gasteiger charge is 2.33. The minimum atomic E-state index is 0.463. The first kappa shape index (κ1) is 18.4. The summed E-state index contributed by atoms with van der Waals surface area (Å²) in [5.41, 5.74) is 5.96. The fraction of sp³-hybridized carbons (Fsp3) is 0.143. The quantitative estimate of drug-likeness (QED) is 0.305. The molecular weight excluding hydrogens is 400 g/mol. The van der Waals surface area contributed by atoms with Gasteiger partial charge >= 0.3 is 0 Å². The maximum absolute atomic E-state index is 2.37. The van der Waals surface area contributed by atoms with Gasteiger partial charge < -0.3 is 0 Å². The number of rotatable bonds is 1. The highest BCUT2D eigenvalue weighted by atomic mass is 32.2. The molecule has 2 aliphatic rings. The second-order valence-corrected chi connectivity index (χ2v) is 10.3. The molecule has 0 saturated carbocycles. The SMILES string of the molecule is c1ccc2c(c1)CC(C1Cc3ccccc3Sc3ccccc31)c1ccccc1S2. The number of hydrogen-bond acceptors (Lipinski definition) is 2. The van der Waals surface area contributed by atoms with Crippen LogP contribution >= 0.6 is 23.5 Å². The van der Waals surface area contributed by atoms with Crippen molar-refractivity contribution in [2.24, 2.45) is 0 Å². The molecule has 146 valence electrons. The predicted octanol–water partition coefficient (Wildman–Crippen LogP) is 7.97. The summed E-state index contributed by atoms with van der Waals surface area (Å²) >= 11 is 3.88. The smallest absolute Gasteiger partial charge is 0.0157 e. The van der Waals surface area contributed by atoms with Gasteiger partial charge in [-0.15, -0.1) is 0 Å². The summed E-state index contributed by atoms with van der Waals surface area (Å²) in [5.74, 6) is 0.926. The third-order valence-electron chi connectivity index (χ3n) is 6.39. The molecule has 2 unspecified atom stereocenters. The Morgan fingerprint density at radius 3 is 1.27 bits per heavy atom. The zero-order chi connectivity index (χ0) is 19.9. The second-order valence-electron chi connectivity index (χ2n) is 8.12. The van der Waals surface area contributed by atoms with Crippen LogP contribution in [0.4, 0.5) is 0 Å². The van der Waals surface area contributed by atoms with Gasteiger partial charge in [-0.2, -0.15) is 0 Å². The van der Waals surface area contributed by atoms with Gasteiger partial charge in [-0.3, -0.25) is 0 Å². The first-order valence-corrected chi connectivity index (χ1v) is 12.2. The van der Waals surface area contributed by atoms with Crippen molar-refractivity contribution in [1.82, 2.24) is 0 Å². The van der Waals surface area contributed by atoms with E-state index < -0.39 is 0 Å². The molecule has 0 radical (unpaired) electrons. The Hall–Kier alpha value is -2.42. The Labute approximate surface area is 186 Å². The van der Waals surface area contributed by atoms with E-state index in [0.717, 1.165) is 12.8 Å². The Morgan fingerprint density at radius 1 is 0.433 bits per heavy atom. The zero-order valence-electron chi connectivity index (χ0n) is 16.6. The van der Waals surface area contributed by atoms with Crippen molar-refractivity contribution < 1.29 is 0 Å². The lowest BCUT2D eigenvalue weighted by molar-refractivity contribution is 0.517. The van der Waals surface area contributed by atoms with Crippen LogP contribution in [0, 0.1) is 0 Å². The molecule has 2 atom stereocenters. The third kappa shape index (κ3) is 3.19. The minimum absolute atomic E-state index is 0.463. The molecule has 0 aliphatic carbocycles. The van der Waals surface area contributed by atoms with Crippen molar-refractivity contribution >= 4 is 23.5 Å². The molecule has 0 bridgehead atoms. The van der Waals surface area contributed by atoms with Gasteiger partial charge in [0.1, 0.15) is 0 Å². The van der Waals surface area contributed by atoms with Crippen molar-refractivity contribution in [3.63, 3.8) is 0 Å². The van der Waals surface area contributed by atoms with Gasteiger partial charge in [0, 0.05) is 19.6 Å². The Kier molecular flexibility index (Phi) is 4.70. The van der Waals surface area contributed by atoms with Crippen LogP contribution in [0.25, 0.3) is 0 Å². The molecule has 0 spiro atoms. The Morgan fingerprint density at radius 2 is 0.800 bits per heavy atom. The average molecular weight is 423 g/mol. The molecule has 0 amide bonds. The summed E-state index contributed by atoms with van der Waals surface area (Å²) in [4.78, 5) is 5.64. The first-order valence-electron chi connectivity index (χ1n) is 10.6. The van der Waals surface area contributed by atoms with Crippen LogP contribution in [0.2, 0.25) is 0 Å². The first-order chi connectivity index (χ1) is 14.9. The maximum atomic E-state index is 2.37. The van der Waals surface area contributed by atoms with E-state index in [4.69, 9.17) is 0 Å². The molecule has 0 saturated heterocycles. The molecule has 4 aromatic rings. The molecule has 2 heteroatoms. The van der Waals surface area contributed by atoms with Gasteiger partial charge in [-0.25, -0.2) is 0 Å². The van der Waals surface area contributed by atoms with E-state index in [1.165, 1.54) is 41.8 Å². The van der Waals surface area contributed by atoms with E-state index in [-0.39, 0.29) is 0 Å². The molecule has 4 aromatic carbocycles. The fourth-order valence-corrected chi connectivity index (χ4v) is 7.25. The van der Waals surface area contributed by atoms with Gasteiger partial charge in [-0.05, 0) is 71.2 Å². The molecule has 6 rings (SSSR count). The summed E-state index contributed by atoms with van der Waals surface area (Å²) in [6, 6.07) is 36.1. The summed E-state index contributed by atoms with van der Waals surface area (Å²) in [7, 11) is 0. The van der Waals surface area contributed by atoms with Crippen LogP contribution in [0.15, 0.2) is 117 Å². The van der Waals surface area contributed by atoms with E-state index in [9.17, 15) is 0 Å². The van der Waals surface area contributed by atoms with E-state index in [0.29, 0.717) is 11.8 Å². The molecular formula is C28H22S2. The molecule has 0 aromatic heterocycles. The van der Waals surface area contributed by atoms with Crippen molar-refractivity contribution in [3.8, 4) is 0 Å². The fourth-order valence-electron chi connectivity index (χ4n) is 4.95. The van der Waals surface area contributed by atoms with Crippen LogP contribution < -0.4 is 0 Å². The van der Waals surface area contributed by atoms with Gasteiger partial charge in [0.05, 0.1) is 0 Å². The summed E-state index contributed by atoms with van der Waals surface area (Å²) < 4.78 is 0. The van der Waals surface area contributed by atoms with E-state index in [1.54, 1.807) is 0 Å². The van der Waals surface area contributed by atoms with Crippen LogP contribution in [0.5, 0.6) is 0 Å². The van der Waals surface area contributed by atoms with Crippen LogP contribution in [0.1, 0.15) is 34.1 Å². The standard InChI is InChI=1S/C28H22S2/c1-5-13-25-19(9-1)17-23(21-11-3-7-15-27(21)29-25)24-18-20-10-2-6-14-26(20)30-28-16-8-4-12-22(24)28/h1-16,23-24H,17-18H2. The van der Waals surface area contributed by atoms with Gasteiger partial charge in [0.25, 0.3) is 0 Å². The summed E-state index contributed by atoms with van der Waals surface area (Å²) in [6.07, 6.45) is 2.18. The highest BCUT2D eigenvalue weighted by molar-refractivity contribution is 7.99. The average Bonchev–Trinajstić information content (AvgIpc) is 3.06. The third-order valence-corrected chi connectivity index (χ3v) is 8.81. The number of hydrogen-bond donors (Lipinski definition) is 0. The maximum Gasteiger partial charge on any atom is 0.0157 e. The lowest BCUT2D eigenvalue weighted by Gasteiger charge is -2.28. The molecule has 0 N–H and O–H groups in total. The zero-order valence-corrected chi connectivity index (χ0v) is 18.3. The summed E-state index contributed by atoms with van der Waals surface area (Å²) in [6.45, 7) is 0. The van der Waals surface area contributed by atoms with Crippen molar-refractivity contribution in [2.75, 3.05) is 0 Å². The van der Waals surface area contributed by atoms with E-state index in [1.807, 2.05) is 23.5 Å². The van der Waals surface area contributed by atoms with Crippen molar-refractivity contribution in [2.45, 2.75) is 44.3 Å². The van der Waals surface area contributed by atoms with Gasteiger partial charge in [-0.1, -0.05) is 96.3 Å². The monoisotopic (exact) mass is 422 g/mol. The topological polar surface area (TPSA) is 0 Å². The lowest BCUT2D eigenvalue weighted by Crippen LogP contribution is -2.17. The Balaban J connectivity index is 1.55. The van der Waals surface area contributed by atoms with Crippen LogP contribution in [-0.2, 0) is 12.8 Å². The normalized spacial score (nSPS) is 19.5. The van der Waals surface area contributed by atoms with Crippen LogP contribution in [0.3, 0.4) is 0 Å². The Bertz CT molecular complexity index is 1130. The molecule has 2 aliphatic heterocycles. The van der Waals surface area contributed by atoms with Crippen molar-refractivity contribution in [1.29, 1.82) is 0 Å². The molecule has 30 heavy (non-hydrogen) atoms. The number of fused-ring (bicyclic) bond motifs is 4. The van der Waals surface area contributed by atoms with Crippen molar-refractivity contribution in [3.05, 3.63) is 119 Å². The molecule has 2 heterocycles. The minimum Gasteiger partial charge on any atom is -0.0895 e. The predicted molar refractivity (Wildman–Crippen MR) is 127 cm³/mol. The van der Waals surface area contributed by atoms with E-state index >= 15 is 0 Å². The second kappa shape index (κ2) is 7.68. The molecule has 0 fully saturated rings. The number of benzene rings is 4. The largest absolute Gasteiger partial charge is 0.0895 e. The molecule has 0 nitrogen and oxygen atoms in total. The lowest BCUT2D eigenvalue weighted by atomic mass is 9.75. The highest BCUT2D eigenvalue weighted by Crippen LogP contribution is 2.51. The van der Waals surface area contributed by atoms with E-state index in [2.05, 4.69) is 97.1 Å². The van der Waals surface area contributed by atoms with Crippen LogP contribution in [-0.4, -0.2) is 0 Å².